The molecule has 0 aromatic heterocycles. The fourth-order valence-electron chi connectivity index (χ4n) is 3.94. The Hall–Kier alpha value is -3.12. The van der Waals surface area contributed by atoms with E-state index in [2.05, 4.69) is 0 Å². The molecule has 32 heavy (non-hydrogen) atoms. The van der Waals surface area contributed by atoms with Gasteiger partial charge in [0.25, 0.3) is 11.7 Å². The average molecular weight is 438 g/mol. The highest BCUT2D eigenvalue weighted by Gasteiger charge is 2.46. The predicted molar refractivity (Wildman–Crippen MR) is 124 cm³/mol. The van der Waals surface area contributed by atoms with Gasteiger partial charge >= 0.3 is 0 Å². The lowest BCUT2D eigenvalue weighted by molar-refractivity contribution is -0.140. The first kappa shape index (κ1) is 23.5. The fourth-order valence-corrected chi connectivity index (χ4v) is 3.94. The van der Waals surface area contributed by atoms with Gasteiger partial charge in [-0.15, -0.1) is 0 Å². The zero-order valence-corrected chi connectivity index (χ0v) is 19.1. The SMILES string of the molecule is CCOc1cccc(/C(O)=C2\C(=O)C(=O)N(CCCOC(C)C)C2c2ccccc2C)c1. The Labute approximate surface area is 189 Å². The number of aryl methyl sites for hydroxylation is 1. The van der Waals surface area contributed by atoms with Gasteiger partial charge in [-0.3, -0.25) is 9.59 Å². The molecule has 0 spiro atoms. The number of benzene rings is 2. The molecule has 1 saturated heterocycles. The summed E-state index contributed by atoms with van der Waals surface area (Å²) >= 11 is 0. The number of aliphatic hydroxyl groups excluding tert-OH is 1. The Morgan fingerprint density at radius 2 is 1.88 bits per heavy atom. The largest absolute Gasteiger partial charge is 0.507 e. The highest BCUT2D eigenvalue weighted by Crippen LogP contribution is 2.40. The van der Waals surface area contributed by atoms with Crippen molar-refractivity contribution in [3.05, 3.63) is 70.8 Å². The van der Waals surface area contributed by atoms with Gasteiger partial charge in [-0.1, -0.05) is 36.4 Å². The van der Waals surface area contributed by atoms with Crippen LogP contribution in [0.4, 0.5) is 0 Å². The maximum absolute atomic E-state index is 13.1. The summed E-state index contributed by atoms with van der Waals surface area (Å²) in [7, 11) is 0. The van der Waals surface area contributed by atoms with E-state index < -0.39 is 17.7 Å². The van der Waals surface area contributed by atoms with Gasteiger partial charge < -0.3 is 19.5 Å². The van der Waals surface area contributed by atoms with E-state index in [1.165, 1.54) is 0 Å². The van der Waals surface area contributed by atoms with Gasteiger partial charge in [-0.05, 0) is 57.4 Å². The second-order valence-corrected chi connectivity index (χ2v) is 8.08. The van der Waals surface area contributed by atoms with Crippen molar-refractivity contribution in [1.29, 1.82) is 0 Å². The number of aliphatic hydroxyl groups is 1. The summed E-state index contributed by atoms with van der Waals surface area (Å²) in [6.07, 6.45) is 0.683. The van der Waals surface area contributed by atoms with Crippen molar-refractivity contribution in [2.75, 3.05) is 19.8 Å². The van der Waals surface area contributed by atoms with Crippen LogP contribution in [-0.4, -0.2) is 47.6 Å². The summed E-state index contributed by atoms with van der Waals surface area (Å²) < 4.78 is 11.1. The topological polar surface area (TPSA) is 76.1 Å². The highest BCUT2D eigenvalue weighted by atomic mass is 16.5. The number of carbonyl (C=O) groups excluding carboxylic acids is 2. The van der Waals surface area contributed by atoms with Gasteiger partial charge in [0.1, 0.15) is 11.5 Å². The molecule has 6 nitrogen and oxygen atoms in total. The number of hydrogen-bond acceptors (Lipinski definition) is 5. The summed E-state index contributed by atoms with van der Waals surface area (Å²) in [6, 6.07) is 13.9. The lowest BCUT2D eigenvalue weighted by Gasteiger charge is -2.26. The molecule has 0 bridgehead atoms. The van der Waals surface area contributed by atoms with Crippen LogP contribution in [0.3, 0.4) is 0 Å². The summed E-state index contributed by atoms with van der Waals surface area (Å²) in [4.78, 5) is 27.7. The van der Waals surface area contributed by atoms with Gasteiger partial charge in [0.2, 0.25) is 0 Å². The molecule has 1 aliphatic heterocycles. The third-order valence-electron chi connectivity index (χ3n) is 5.44. The Bertz CT molecular complexity index is 1010. The zero-order valence-electron chi connectivity index (χ0n) is 19.1. The van der Waals surface area contributed by atoms with Crippen molar-refractivity contribution in [2.24, 2.45) is 0 Å². The van der Waals surface area contributed by atoms with E-state index in [1.807, 2.05) is 52.0 Å². The molecule has 1 fully saturated rings. The standard InChI is InChI=1S/C26H31NO5/c1-5-31-20-12-8-11-19(16-20)24(28)22-23(21-13-7-6-10-18(21)4)27(26(30)25(22)29)14-9-15-32-17(2)3/h6-8,10-13,16-17,23,28H,5,9,14-15H2,1-4H3/b24-22+. The molecule has 1 unspecified atom stereocenters. The number of ether oxygens (including phenoxy) is 2. The van der Waals surface area contributed by atoms with Crippen LogP contribution in [-0.2, 0) is 14.3 Å². The van der Waals surface area contributed by atoms with Gasteiger partial charge in [0, 0.05) is 18.7 Å². The van der Waals surface area contributed by atoms with Gasteiger partial charge in [0.05, 0.1) is 24.3 Å². The average Bonchev–Trinajstić information content (AvgIpc) is 3.01. The van der Waals surface area contributed by atoms with E-state index >= 15 is 0 Å². The summed E-state index contributed by atoms with van der Waals surface area (Å²) in [5.74, 6) is -0.893. The van der Waals surface area contributed by atoms with Crippen LogP contribution in [0.1, 0.15) is 49.9 Å². The fraction of sp³-hybridized carbons (Fsp3) is 0.385. The van der Waals surface area contributed by atoms with Crippen LogP contribution in [0.2, 0.25) is 0 Å². The molecule has 1 aliphatic rings. The first-order valence-corrected chi connectivity index (χ1v) is 11.0. The minimum Gasteiger partial charge on any atom is -0.507 e. The molecule has 170 valence electrons. The first-order valence-electron chi connectivity index (χ1n) is 11.0. The second-order valence-electron chi connectivity index (χ2n) is 8.08. The molecule has 3 rings (SSSR count). The van der Waals surface area contributed by atoms with Crippen LogP contribution < -0.4 is 4.74 Å². The van der Waals surface area contributed by atoms with Crippen LogP contribution in [0.25, 0.3) is 5.76 Å². The molecule has 1 atom stereocenters. The van der Waals surface area contributed by atoms with Crippen molar-refractivity contribution in [3.63, 3.8) is 0 Å². The number of carbonyl (C=O) groups is 2. The number of nitrogens with zero attached hydrogens (tertiary/aromatic N) is 1. The van der Waals surface area contributed by atoms with Gasteiger partial charge in [-0.2, -0.15) is 0 Å². The highest BCUT2D eigenvalue weighted by molar-refractivity contribution is 6.46. The maximum atomic E-state index is 13.1. The number of rotatable bonds is 9. The first-order chi connectivity index (χ1) is 15.3. The number of ketones is 1. The van der Waals surface area contributed by atoms with Gasteiger partial charge in [-0.25, -0.2) is 0 Å². The second kappa shape index (κ2) is 10.5. The molecule has 2 aromatic rings. The maximum Gasteiger partial charge on any atom is 0.295 e. The smallest absolute Gasteiger partial charge is 0.295 e. The van der Waals surface area contributed by atoms with Crippen LogP contribution in [0.5, 0.6) is 5.75 Å². The Kier molecular flexibility index (Phi) is 7.70. The van der Waals surface area contributed by atoms with E-state index in [1.54, 1.807) is 29.2 Å². The molecule has 0 aliphatic carbocycles. The van der Waals surface area contributed by atoms with E-state index in [-0.39, 0.29) is 17.4 Å². The van der Waals surface area contributed by atoms with Crippen LogP contribution >= 0.6 is 0 Å². The number of hydrogen-bond donors (Lipinski definition) is 1. The number of Topliss-reactive ketones (excluding diaryl/α,β-unsaturated/α-hetero) is 1. The van der Waals surface area contributed by atoms with E-state index in [0.717, 1.165) is 11.1 Å². The third kappa shape index (κ3) is 5.02. The molecular formula is C26H31NO5. The van der Waals surface area contributed by atoms with Crippen molar-refractivity contribution in [2.45, 2.75) is 46.3 Å². The van der Waals surface area contributed by atoms with E-state index in [9.17, 15) is 14.7 Å². The Balaban J connectivity index is 2.05. The summed E-state index contributed by atoms with van der Waals surface area (Å²) in [6.45, 7) is 9.04. The Morgan fingerprint density at radius 1 is 1.12 bits per heavy atom. The molecule has 2 aromatic carbocycles. The summed E-state index contributed by atoms with van der Waals surface area (Å²) in [5, 5.41) is 11.2. The minimum absolute atomic E-state index is 0.0928. The molecule has 6 heteroatoms. The molecular weight excluding hydrogens is 406 g/mol. The monoisotopic (exact) mass is 437 g/mol. The molecule has 1 N–H and O–H groups in total. The van der Waals surface area contributed by atoms with Crippen molar-refractivity contribution in [1.82, 2.24) is 4.90 Å². The van der Waals surface area contributed by atoms with Crippen LogP contribution in [0, 0.1) is 6.92 Å². The van der Waals surface area contributed by atoms with Crippen LogP contribution in [0.15, 0.2) is 54.1 Å². The number of amides is 1. The quantitative estimate of drug-likeness (QED) is 0.268. The van der Waals surface area contributed by atoms with E-state index in [4.69, 9.17) is 9.47 Å². The third-order valence-corrected chi connectivity index (χ3v) is 5.44. The lowest BCUT2D eigenvalue weighted by Crippen LogP contribution is -2.31. The zero-order chi connectivity index (χ0) is 23.3. The van der Waals surface area contributed by atoms with E-state index in [0.29, 0.717) is 37.5 Å². The number of likely N-dealkylation sites (tertiary alicyclic amines) is 1. The molecule has 0 radical (unpaired) electrons. The normalized spacial score (nSPS) is 17.9. The molecule has 0 saturated carbocycles. The van der Waals surface area contributed by atoms with Gasteiger partial charge in [0.15, 0.2) is 0 Å². The summed E-state index contributed by atoms with van der Waals surface area (Å²) in [5.41, 5.74) is 2.30. The molecule has 1 amide bonds. The van der Waals surface area contributed by atoms with Crippen molar-refractivity contribution >= 4 is 17.4 Å². The van der Waals surface area contributed by atoms with Crippen molar-refractivity contribution in [3.8, 4) is 5.75 Å². The lowest BCUT2D eigenvalue weighted by atomic mass is 9.92. The predicted octanol–water partition coefficient (Wildman–Crippen LogP) is 4.63. The van der Waals surface area contributed by atoms with Crippen molar-refractivity contribution < 1.29 is 24.2 Å². The molecule has 1 heterocycles. The minimum atomic E-state index is -0.678. The Morgan fingerprint density at radius 3 is 2.56 bits per heavy atom.